The van der Waals surface area contributed by atoms with E-state index in [4.69, 9.17) is 10.5 Å². The fraction of sp³-hybridized carbons (Fsp3) is 0.111. The van der Waals surface area contributed by atoms with Crippen LogP contribution in [0.5, 0.6) is 5.75 Å². The number of imidazole rings is 1. The minimum Gasteiger partial charge on any atom is -0.497 e. The molecule has 1 aromatic heterocycles. The van der Waals surface area contributed by atoms with E-state index < -0.39 is 5.91 Å². The third-order valence-corrected chi connectivity index (χ3v) is 3.60. The number of aromatic nitrogens is 2. The molecule has 0 aliphatic carbocycles. The van der Waals surface area contributed by atoms with Crippen LogP contribution in [0.1, 0.15) is 5.82 Å². The summed E-state index contributed by atoms with van der Waals surface area (Å²) in [5.41, 5.74) is 7.59. The molecule has 0 aliphatic rings. The quantitative estimate of drug-likeness (QED) is 0.784. The smallest absolute Gasteiger partial charge is 0.225 e. The van der Waals surface area contributed by atoms with E-state index in [1.54, 1.807) is 30.0 Å². The van der Waals surface area contributed by atoms with Crippen LogP contribution in [0.4, 0.5) is 4.39 Å². The Morgan fingerprint density at radius 2 is 1.83 bits per heavy atom. The van der Waals surface area contributed by atoms with E-state index in [0.29, 0.717) is 17.2 Å². The van der Waals surface area contributed by atoms with Crippen molar-refractivity contribution in [2.45, 2.75) is 6.42 Å². The molecule has 0 saturated heterocycles. The van der Waals surface area contributed by atoms with Crippen molar-refractivity contribution in [1.82, 2.24) is 9.55 Å². The van der Waals surface area contributed by atoms with Gasteiger partial charge in [0.15, 0.2) is 0 Å². The third-order valence-electron chi connectivity index (χ3n) is 3.60. The number of primary amides is 1. The number of rotatable bonds is 5. The zero-order valence-corrected chi connectivity index (χ0v) is 13.1. The second-order valence-corrected chi connectivity index (χ2v) is 5.26. The van der Waals surface area contributed by atoms with Crippen molar-refractivity contribution < 1.29 is 13.9 Å². The predicted octanol–water partition coefficient (Wildman–Crippen LogP) is 2.71. The van der Waals surface area contributed by atoms with Crippen molar-refractivity contribution in [1.29, 1.82) is 0 Å². The summed E-state index contributed by atoms with van der Waals surface area (Å²) < 4.78 is 20.0. The first-order valence-electron chi connectivity index (χ1n) is 7.34. The number of amides is 1. The van der Waals surface area contributed by atoms with Gasteiger partial charge in [0.1, 0.15) is 17.4 Å². The standard InChI is InChI=1S/C18H16FN3O2/c1-24-15-8-2-12(3-9-15)16-11-22(18(21-16)10-17(20)23)14-6-4-13(19)5-7-14/h2-9,11H,10H2,1H3,(H2,20,23). The zero-order chi connectivity index (χ0) is 17.1. The Morgan fingerprint density at radius 1 is 1.17 bits per heavy atom. The Morgan fingerprint density at radius 3 is 2.42 bits per heavy atom. The molecule has 0 fully saturated rings. The van der Waals surface area contributed by atoms with Crippen LogP contribution in [0.2, 0.25) is 0 Å². The third kappa shape index (κ3) is 3.27. The van der Waals surface area contributed by atoms with E-state index >= 15 is 0 Å². The number of carbonyl (C=O) groups is 1. The molecule has 1 heterocycles. The van der Waals surface area contributed by atoms with Gasteiger partial charge < -0.3 is 15.0 Å². The highest BCUT2D eigenvalue weighted by atomic mass is 19.1. The maximum atomic E-state index is 13.1. The molecule has 3 rings (SSSR count). The van der Waals surface area contributed by atoms with Gasteiger partial charge in [-0.25, -0.2) is 9.37 Å². The SMILES string of the molecule is COc1ccc(-c2cn(-c3ccc(F)cc3)c(CC(N)=O)n2)cc1. The molecule has 0 spiro atoms. The first kappa shape index (κ1) is 15.7. The van der Waals surface area contributed by atoms with Crippen LogP contribution in [-0.4, -0.2) is 22.6 Å². The highest BCUT2D eigenvalue weighted by Gasteiger charge is 2.13. The monoisotopic (exact) mass is 325 g/mol. The summed E-state index contributed by atoms with van der Waals surface area (Å²) in [7, 11) is 1.60. The Bertz CT molecular complexity index is 855. The van der Waals surface area contributed by atoms with Crippen LogP contribution in [-0.2, 0) is 11.2 Å². The number of nitrogens with two attached hydrogens (primary N) is 1. The van der Waals surface area contributed by atoms with Crippen LogP contribution in [0.25, 0.3) is 16.9 Å². The highest BCUT2D eigenvalue weighted by molar-refractivity contribution is 5.76. The van der Waals surface area contributed by atoms with Gasteiger partial charge in [-0.3, -0.25) is 4.79 Å². The van der Waals surface area contributed by atoms with E-state index in [1.807, 2.05) is 24.3 Å². The molecular weight excluding hydrogens is 309 g/mol. The second-order valence-electron chi connectivity index (χ2n) is 5.26. The summed E-state index contributed by atoms with van der Waals surface area (Å²) in [6.07, 6.45) is 1.79. The first-order valence-corrected chi connectivity index (χ1v) is 7.34. The largest absolute Gasteiger partial charge is 0.497 e. The lowest BCUT2D eigenvalue weighted by Crippen LogP contribution is -2.16. The van der Waals surface area contributed by atoms with Gasteiger partial charge in [-0.05, 0) is 48.5 Å². The molecule has 0 radical (unpaired) electrons. The number of hydrogen-bond acceptors (Lipinski definition) is 3. The number of carbonyl (C=O) groups excluding carboxylic acids is 1. The molecular formula is C18H16FN3O2. The lowest BCUT2D eigenvalue weighted by molar-refractivity contribution is -0.117. The van der Waals surface area contributed by atoms with E-state index in [2.05, 4.69) is 4.98 Å². The van der Waals surface area contributed by atoms with E-state index in [0.717, 1.165) is 11.3 Å². The second kappa shape index (κ2) is 6.54. The summed E-state index contributed by atoms with van der Waals surface area (Å²) >= 11 is 0. The topological polar surface area (TPSA) is 70.1 Å². The van der Waals surface area contributed by atoms with Crippen molar-refractivity contribution in [3.63, 3.8) is 0 Å². The summed E-state index contributed by atoms with van der Waals surface area (Å²) in [5, 5.41) is 0. The lowest BCUT2D eigenvalue weighted by atomic mass is 10.1. The average Bonchev–Trinajstić information content (AvgIpc) is 2.98. The van der Waals surface area contributed by atoms with Gasteiger partial charge in [0.2, 0.25) is 5.91 Å². The van der Waals surface area contributed by atoms with Gasteiger partial charge >= 0.3 is 0 Å². The summed E-state index contributed by atoms with van der Waals surface area (Å²) in [4.78, 5) is 15.8. The molecule has 1 amide bonds. The molecule has 0 atom stereocenters. The number of methoxy groups -OCH3 is 1. The fourth-order valence-corrected chi connectivity index (χ4v) is 2.43. The Hall–Kier alpha value is -3.15. The molecule has 6 heteroatoms. The minimum absolute atomic E-state index is 0.00642. The number of nitrogens with zero attached hydrogens (tertiary/aromatic N) is 2. The number of halogens is 1. The summed E-state index contributed by atoms with van der Waals surface area (Å²) in [6.45, 7) is 0. The Balaban J connectivity index is 2.04. The van der Waals surface area contributed by atoms with Crippen LogP contribution in [0.15, 0.2) is 54.7 Å². The van der Waals surface area contributed by atoms with Crippen LogP contribution in [0, 0.1) is 5.82 Å². The van der Waals surface area contributed by atoms with Crippen molar-refractivity contribution in [3.05, 3.63) is 66.4 Å². The van der Waals surface area contributed by atoms with Crippen molar-refractivity contribution in [3.8, 4) is 22.7 Å². The van der Waals surface area contributed by atoms with Crippen molar-refractivity contribution in [2.24, 2.45) is 5.73 Å². The summed E-state index contributed by atoms with van der Waals surface area (Å²) in [5.74, 6) is 0.435. The number of ether oxygens (including phenoxy) is 1. The molecule has 0 aliphatic heterocycles. The van der Waals surface area contributed by atoms with Gasteiger partial charge in [0.05, 0.1) is 19.2 Å². The van der Waals surface area contributed by atoms with E-state index in [-0.39, 0.29) is 12.2 Å². The number of hydrogen-bond donors (Lipinski definition) is 1. The highest BCUT2D eigenvalue weighted by Crippen LogP contribution is 2.24. The molecule has 0 saturated carbocycles. The minimum atomic E-state index is -0.481. The zero-order valence-electron chi connectivity index (χ0n) is 13.1. The maximum absolute atomic E-state index is 13.1. The molecule has 0 unspecified atom stereocenters. The average molecular weight is 325 g/mol. The normalized spacial score (nSPS) is 10.6. The van der Waals surface area contributed by atoms with Gasteiger partial charge in [0, 0.05) is 17.4 Å². The molecule has 5 nitrogen and oxygen atoms in total. The molecule has 122 valence electrons. The molecule has 2 aromatic carbocycles. The van der Waals surface area contributed by atoms with Crippen molar-refractivity contribution in [2.75, 3.05) is 7.11 Å². The van der Waals surface area contributed by atoms with E-state index in [1.165, 1.54) is 12.1 Å². The first-order chi connectivity index (χ1) is 11.6. The maximum Gasteiger partial charge on any atom is 0.225 e. The predicted molar refractivity (Wildman–Crippen MR) is 88.4 cm³/mol. The molecule has 3 aromatic rings. The van der Waals surface area contributed by atoms with Crippen LogP contribution < -0.4 is 10.5 Å². The van der Waals surface area contributed by atoms with Gasteiger partial charge in [-0.2, -0.15) is 0 Å². The number of benzene rings is 2. The van der Waals surface area contributed by atoms with Crippen LogP contribution in [0.3, 0.4) is 0 Å². The summed E-state index contributed by atoms with van der Waals surface area (Å²) in [6, 6.07) is 13.4. The molecule has 0 bridgehead atoms. The van der Waals surface area contributed by atoms with E-state index in [9.17, 15) is 9.18 Å². The van der Waals surface area contributed by atoms with Crippen molar-refractivity contribution >= 4 is 5.91 Å². The Labute approximate surface area is 138 Å². The lowest BCUT2D eigenvalue weighted by Gasteiger charge is -2.06. The Kier molecular flexibility index (Phi) is 4.29. The van der Waals surface area contributed by atoms with Crippen LogP contribution >= 0.6 is 0 Å². The van der Waals surface area contributed by atoms with Gasteiger partial charge in [0.25, 0.3) is 0 Å². The molecule has 24 heavy (non-hydrogen) atoms. The fourth-order valence-electron chi connectivity index (χ4n) is 2.43. The molecule has 2 N–H and O–H groups in total. The van der Waals surface area contributed by atoms with Gasteiger partial charge in [-0.15, -0.1) is 0 Å². The van der Waals surface area contributed by atoms with Gasteiger partial charge in [-0.1, -0.05) is 0 Å².